The van der Waals surface area contributed by atoms with Crippen molar-refractivity contribution in [1.82, 2.24) is 0 Å². The van der Waals surface area contributed by atoms with Crippen LogP contribution in [0.15, 0.2) is 76.4 Å². The first kappa shape index (κ1) is 22.0. The third-order valence-corrected chi connectivity index (χ3v) is 10.1. The summed E-state index contributed by atoms with van der Waals surface area (Å²) in [7, 11) is 2.13. The Hall–Kier alpha value is -1.85. The largest absolute Gasteiger partial charge is 0.448 e. The zero-order chi connectivity index (χ0) is 22.4. The molecule has 1 aliphatic carbocycles. The number of thioether (sulfide) groups is 2. The van der Waals surface area contributed by atoms with Crippen LogP contribution in [0.25, 0.3) is 0 Å². The van der Waals surface area contributed by atoms with E-state index in [1.807, 2.05) is 23.5 Å². The lowest BCUT2D eigenvalue weighted by Gasteiger charge is -2.42. The highest BCUT2D eigenvalue weighted by molar-refractivity contribution is 8.27. The molecule has 168 valence electrons. The highest BCUT2D eigenvalue weighted by atomic mass is 32.2. The van der Waals surface area contributed by atoms with Crippen LogP contribution in [0.3, 0.4) is 0 Å². The molecule has 2 spiro atoms. The lowest BCUT2D eigenvalue weighted by molar-refractivity contribution is 0.0731. The van der Waals surface area contributed by atoms with Gasteiger partial charge in [0.25, 0.3) is 0 Å². The number of hydrogen-bond donors (Lipinski definition) is 0. The molecule has 32 heavy (non-hydrogen) atoms. The molecule has 2 aromatic carbocycles. The standard InChI is InChI=1S/C27H32N2OS2/c1-25(2,3)22-24(29(4)21-16-10-6-11-17-21)30-27(31-22)26(18-12-7-13-19-26)28-23(32-27)20-14-8-5-9-15-20/h5-6,8-11,14-17H,7,12-13,18-19H2,1-4H3/t27-/m1/s1. The first-order valence-corrected chi connectivity index (χ1v) is 13.2. The minimum atomic E-state index is -0.445. The van der Waals surface area contributed by atoms with Gasteiger partial charge in [0.15, 0.2) is 0 Å². The number of nitrogens with zero attached hydrogens (tertiary/aromatic N) is 2. The van der Waals surface area contributed by atoms with Crippen molar-refractivity contribution < 1.29 is 4.74 Å². The maximum atomic E-state index is 7.13. The smallest absolute Gasteiger partial charge is 0.238 e. The van der Waals surface area contributed by atoms with Crippen molar-refractivity contribution in [2.75, 3.05) is 11.9 Å². The molecular formula is C27H32N2OS2. The van der Waals surface area contributed by atoms with Crippen LogP contribution >= 0.6 is 23.5 Å². The van der Waals surface area contributed by atoms with Gasteiger partial charge in [-0.3, -0.25) is 4.99 Å². The number of rotatable bonds is 3. The van der Waals surface area contributed by atoms with Crippen molar-refractivity contribution in [2.24, 2.45) is 10.4 Å². The molecule has 0 aromatic heterocycles. The molecule has 0 bridgehead atoms. The first-order chi connectivity index (χ1) is 15.3. The van der Waals surface area contributed by atoms with Crippen molar-refractivity contribution in [3.63, 3.8) is 0 Å². The summed E-state index contributed by atoms with van der Waals surface area (Å²) in [5.41, 5.74) is 2.14. The van der Waals surface area contributed by atoms with Crippen molar-refractivity contribution in [3.8, 4) is 0 Å². The number of anilines is 1. The fourth-order valence-corrected chi connectivity index (χ4v) is 8.18. The molecule has 1 fully saturated rings. The summed E-state index contributed by atoms with van der Waals surface area (Å²) in [6.45, 7) is 6.88. The van der Waals surface area contributed by atoms with Crippen LogP contribution in [-0.2, 0) is 4.74 Å². The van der Waals surface area contributed by atoms with Crippen LogP contribution in [0.2, 0.25) is 0 Å². The van der Waals surface area contributed by atoms with E-state index in [0.717, 1.165) is 29.5 Å². The Bertz CT molecular complexity index is 1040. The van der Waals surface area contributed by atoms with Gasteiger partial charge in [-0.2, -0.15) is 0 Å². The van der Waals surface area contributed by atoms with Crippen LogP contribution in [0.4, 0.5) is 5.69 Å². The predicted molar refractivity (Wildman–Crippen MR) is 139 cm³/mol. The van der Waals surface area contributed by atoms with E-state index >= 15 is 0 Å². The van der Waals surface area contributed by atoms with E-state index in [2.05, 4.69) is 93.4 Å². The summed E-state index contributed by atoms with van der Waals surface area (Å²) in [4.78, 5) is 8.99. The third kappa shape index (κ3) is 3.67. The summed E-state index contributed by atoms with van der Waals surface area (Å²) in [5.74, 6) is 0.982. The fourth-order valence-electron chi connectivity index (χ4n) is 4.83. The molecule has 5 rings (SSSR count). The fraction of sp³-hybridized carbons (Fsp3) is 0.444. The number of para-hydroxylation sites is 1. The quantitative estimate of drug-likeness (QED) is 0.466. The Labute approximate surface area is 200 Å². The van der Waals surface area contributed by atoms with E-state index in [1.54, 1.807) is 0 Å². The van der Waals surface area contributed by atoms with Gasteiger partial charge in [-0.25, -0.2) is 0 Å². The molecular weight excluding hydrogens is 432 g/mol. The summed E-state index contributed by atoms with van der Waals surface area (Å²) in [6.07, 6.45) is 5.89. The highest BCUT2D eigenvalue weighted by Gasteiger charge is 2.64. The SMILES string of the molecule is CN(C1=C(C(C)(C)C)S[C@@]2(O1)SC(c1ccccc1)=NC21CCCCC1)c1ccccc1. The zero-order valence-corrected chi connectivity index (χ0v) is 21.1. The van der Waals surface area contributed by atoms with E-state index in [1.165, 1.54) is 29.7 Å². The zero-order valence-electron chi connectivity index (χ0n) is 19.4. The first-order valence-electron chi connectivity index (χ1n) is 11.6. The Kier molecular flexibility index (Phi) is 5.61. The summed E-state index contributed by atoms with van der Waals surface area (Å²) >= 11 is 3.76. The van der Waals surface area contributed by atoms with Gasteiger partial charge in [0.1, 0.15) is 10.6 Å². The second-order valence-corrected chi connectivity index (χ2v) is 12.6. The molecule has 0 amide bonds. The predicted octanol–water partition coefficient (Wildman–Crippen LogP) is 7.65. The molecule has 2 aliphatic heterocycles. The number of ether oxygens (including phenoxy) is 1. The number of hydrogen-bond acceptors (Lipinski definition) is 5. The van der Waals surface area contributed by atoms with Gasteiger partial charge in [-0.15, -0.1) is 0 Å². The minimum Gasteiger partial charge on any atom is -0.448 e. The van der Waals surface area contributed by atoms with Gasteiger partial charge in [0, 0.05) is 18.3 Å². The van der Waals surface area contributed by atoms with Gasteiger partial charge < -0.3 is 9.64 Å². The van der Waals surface area contributed by atoms with E-state index < -0.39 is 4.27 Å². The van der Waals surface area contributed by atoms with E-state index in [9.17, 15) is 0 Å². The number of fused-ring (bicyclic) bond motifs is 1. The van der Waals surface area contributed by atoms with Crippen LogP contribution in [0.5, 0.6) is 0 Å². The summed E-state index contributed by atoms with van der Waals surface area (Å²) < 4.78 is 6.68. The van der Waals surface area contributed by atoms with Gasteiger partial charge >= 0.3 is 0 Å². The second kappa shape index (κ2) is 8.18. The van der Waals surface area contributed by atoms with Gasteiger partial charge in [-0.1, -0.05) is 100 Å². The molecule has 3 nitrogen and oxygen atoms in total. The van der Waals surface area contributed by atoms with Crippen molar-refractivity contribution in [2.45, 2.75) is 62.7 Å². The Morgan fingerprint density at radius 3 is 2.12 bits per heavy atom. The van der Waals surface area contributed by atoms with Gasteiger partial charge in [0.2, 0.25) is 10.1 Å². The molecule has 2 heterocycles. The molecule has 2 aromatic rings. The lowest BCUT2D eigenvalue weighted by atomic mass is 9.82. The van der Waals surface area contributed by atoms with Crippen LogP contribution in [0.1, 0.15) is 58.4 Å². The minimum absolute atomic E-state index is 0.0154. The van der Waals surface area contributed by atoms with Gasteiger partial charge in [0.05, 0.1) is 4.91 Å². The van der Waals surface area contributed by atoms with Crippen LogP contribution in [0, 0.1) is 5.41 Å². The molecule has 1 saturated carbocycles. The van der Waals surface area contributed by atoms with Crippen LogP contribution in [-0.4, -0.2) is 21.9 Å². The highest BCUT2D eigenvalue weighted by Crippen LogP contribution is 2.67. The Morgan fingerprint density at radius 2 is 1.50 bits per heavy atom. The molecule has 3 aliphatic rings. The van der Waals surface area contributed by atoms with E-state index in [0.29, 0.717) is 0 Å². The van der Waals surface area contributed by atoms with Gasteiger partial charge in [-0.05, 0) is 42.2 Å². The third-order valence-electron chi connectivity index (χ3n) is 6.61. The molecule has 5 heteroatoms. The maximum Gasteiger partial charge on any atom is 0.238 e. The van der Waals surface area contributed by atoms with E-state index in [4.69, 9.17) is 9.73 Å². The van der Waals surface area contributed by atoms with Crippen molar-refractivity contribution in [3.05, 3.63) is 77.0 Å². The number of allylic oxidation sites excluding steroid dienone is 1. The number of benzene rings is 2. The van der Waals surface area contributed by atoms with E-state index in [-0.39, 0.29) is 11.0 Å². The van der Waals surface area contributed by atoms with Crippen LogP contribution < -0.4 is 4.90 Å². The molecule has 0 N–H and O–H groups in total. The average molecular weight is 465 g/mol. The van der Waals surface area contributed by atoms with Crippen molar-refractivity contribution in [1.29, 1.82) is 0 Å². The normalized spacial score (nSPS) is 24.7. The second-order valence-electron chi connectivity index (χ2n) is 10.0. The topological polar surface area (TPSA) is 24.8 Å². The molecule has 0 unspecified atom stereocenters. The lowest BCUT2D eigenvalue weighted by Crippen LogP contribution is -2.47. The summed E-state index contributed by atoms with van der Waals surface area (Å²) in [5, 5.41) is 1.12. The Morgan fingerprint density at radius 1 is 0.875 bits per heavy atom. The van der Waals surface area contributed by atoms with Crippen molar-refractivity contribution >= 4 is 34.3 Å². The summed E-state index contributed by atoms with van der Waals surface area (Å²) in [6, 6.07) is 21.2. The molecule has 0 saturated heterocycles. The Balaban J connectivity index is 1.57. The molecule has 1 atom stereocenters. The monoisotopic (exact) mass is 464 g/mol. The molecule has 0 radical (unpaired) electrons. The maximum absolute atomic E-state index is 7.13. The average Bonchev–Trinajstić information content (AvgIpc) is 3.34. The number of aliphatic imine (C=N–C) groups is 1.